The normalized spacial score (nSPS) is 11.1. The van der Waals surface area contributed by atoms with Gasteiger partial charge in [0.25, 0.3) is 0 Å². The summed E-state index contributed by atoms with van der Waals surface area (Å²) in [5.74, 6) is -0.694. The van der Waals surface area contributed by atoms with Crippen LogP contribution in [0.5, 0.6) is 5.88 Å². The fraction of sp³-hybridized carbons (Fsp3) is 0.0588. The summed E-state index contributed by atoms with van der Waals surface area (Å²) in [5, 5.41) is 14.9. The van der Waals surface area contributed by atoms with Gasteiger partial charge in [0, 0.05) is 11.8 Å². The molecule has 0 amide bonds. The zero-order chi connectivity index (χ0) is 18.3. The van der Waals surface area contributed by atoms with Crippen LogP contribution in [0.1, 0.15) is 5.56 Å². The van der Waals surface area contributed by atoms with Crippen molar-refractivity contribution in [3.63, 3.8) is 0 Å². The number of halogens is 1. The summed E-state index contributed by atoms with van der Waals surface area (Å²) >= 11 is 0. The highest BCUT2D eigenvalue weighted by Gasteiger charge is 2.19. The van der Waals surface area contributed by atoms with E-state index in [1.807, 2.05) is 0 Å². The molecule has 0 unspecified atom stereocenters. The first kappa shape index (κ1) is 15.8. The number of anilines is 2. The van der Waals surface area contributed by atoms with E-state index in [0.717, 1.165) is 0 Å². The Morgan fingerprint density at radius 2 is 1.88 bits per heavy atom. The van der Waals surface area contributed by atoms with E-state index in [9.17, 15) is 9.50 Å². The van der Waals surface area contributed by atoms with Crippen molar-refractivity contribution < 1.29 is 9.50 Å². The second kappa shape index (κ2) is 5.96. The molecule has 9 heteroatoms. The molecule has 0 aliphatic rings. The lowest BCUT2D eigenvalue weighted by molar-refractivity contribution is 0.456. The quantitative estimate of drug-likeness (QED) is 0.514. The molecule has 0 saturated carbocycles. The van der Waals surface area contributed by atoms with Gasteiger partial charge in [-0.2, -0.15) is 10.1 Å². The van der Waals surface area contributed by atoms with Gasteiger partial charge >= 0.3 is 0 Å². The fourth-order valence-corrected chi connectivity index (χ4v) is 2.65. The average Bonchev–Trinajstić information content (AvgIpc) is 3.00. The molecule has 4 aromatic rings. The molecule has 3 aromatic heterocycles. The molecule has 0 bridgehead atoms. The Kier molecular flexibility index (Phi) is 3.61. The minimum absolute atomic E-state index is 0.0480. The van der Waals surface area contributed by atoms with E-state index in [2.05, 4.69) is 20.1 Å². The summed E-state index contributed by atoms with van der Waals surface area (Å²) in [6.07, 6.45) is 1.61. The Morgan fingerprint density at radius 1 is 1.08 bits per heavy atom. The smallest absolute Gasteiger partial charge is 0.240 e. The van der Waals surface area contributed by atoms with Crippen molar-refractivity contribution in [1.82, 2.24) is 24.7 Å². The van der Waals surface area contributed by atoms with Crippen molar-refractivity contribution >= 4 is 22.5 Å². The molecule has 0 atom stereocenters. The molecule has 5 N–H and O–H groups in total. The van der Waals surface area contributed by atoms with Gasteiger partial charge in [-0.1, -0.05) is 18.2 Å². The first-order chi connectivity index (χ1) is 12.5. The Bertz CT molecular complexity index is 1100. The molecule has 26 heavy (non-hydrogen) atoms. The number of pyridine rings is 1. The number of fused-ring (bicyclic) bond motifs is 1. The summed E-state index contributed by atoms with van der Waals surface area (Å²) in [5.41, 5.74) is 12.6. The van der Waals surface area contributed by atoms with Crippen molar-refractivity contribution in [2.75, 3.05) is 11.5 Å². The van der Waals surface area contributed by atoms with E-state index in [1.165, 1.54) is 6.07 Å². The summed E-state index contributed by atoms with van der Waals surface area (Å²) in [6.45, 7) is 0.177. The number of aromatic hydroxyl groups is 1. The summed E-state index contributed by atoms with van der Waals surface area (Å²) in [4.78, 5) is 12.4. The highest BCUT2D eigenvalue weighted by Crippen LogP contribution is 2.30. The van der Waals surface area contributed by atoms with E-state index in [1.54, 1.807) is 41.2 Å². The lowest BCUT2D eigenvalue weighted by Crippen LogP contribution is -2.05. The maximum atomic E-state index is 14.0. The number of nitrogens with zero attached hydrogens (tertiary/aromatic N) is 5. The summed E-state index contributed by atoms with van der Waals surface area (Å²) < 4.78 is 15.6. The van der Waals surface area contributed by atoms with E-state index < -0.39 is 5.88 Å². The maximum absolute atomic E-state index is 14.0. The molecule has 8 nitrogen and oxygen atoms in total. The third kappa shape index (κ3) is 2.55. The molecule has 1 aromatic carbocycles. The van der Waals surface area contributed by atoms with E-state index in [-0.39, 0.29) is 29.7 Å². The summed E-state index contributed by atoms with van der Waals surface area (Å²) in [7, 11) is 0. The molecule has 0 saturated heterocycles. The Labute approximate surface area is 146 Å². The van der Waals surface area contributed by atoms with Gasteiger partial charge in [0.1, 0.15) is 17.2 Å². The molecule has 4 rings (SSSR count). The number of aromatic nitrogens is 5. The third-order valence-electron chi connectivity index (χ3n) is 3.95. The van der Waals surface area contributed by atoms with Crippen LogP contribution in [0.25, 0.3) is 22.6 Å². The molecule has 0 radical (unpaired) electrons. The predicted octanol–water partition coefficient (Wildman–Crippen LogP) is 1.95. The molecular weight excluding hydrogens is 337 g/mol. The minimum Gasteiger partial charge on any atom is -0.492 e. The molecular formula is C17H14FN7O. The van der Waals surface area contributed by atoms with Crippen LogP contribution < -0.4 is 11.5 Å². The van der Waals surface area contributed by atoms with Gasteiger partial charge < -0.3 is 16.6 Å². The lowest BCUT2D eigenvalue weighted by Gasteiger charge is -2.04. The second-order valence-corrected chi connectivity index (χ2v) is 5.64. The van der Waals surface area contributed by atoms with Gasteiger partial charge in [0.2, 0.25) is 5.88 Å². The van der Waals surface area contributed by atoms with Crippen LogP contribution in [0.3, 0.4) is 0 Å². The first-order valence-corrected chi connectivity index (χ1v) is 7.72. The summed E-state index contributed by atoms with van der Waals surface area (Å²) in [6, 6.07) is 9.96. The number of nitrogen functional groups attached to an aromatic ring is 2. The van der Waals surface area contributed by atoms with Gasteiger partial charge in [0.15, 0.2) is 17.3 Å². The van der Waals surface area contributed by atoms with Gasteiger partial charge in [0.05, 0.1) is 11.9 Å². The number of benzene rings is 1. The SMILES string of the molecule is Nc1nc(-c2nn(Cc3ccccc3F)c3ncccc23)nc(O)c1N. The highest BCUT2D eigenvalue weighted by molar-refractivity contribution is 5.89. The average molecular weight is 351 g/mol. The topological polar surface area (TPSA) is 129 Å². The molecule has 130 valence electrons. The molecule has 0 aliphatic carbocycles. The van der Waals surface area contributed by atoms with Crippen LogP contribution in [0.4, 0.5) is 15.9 Å². The maximum Gasteiger partial charge on any atom is 0.240 e. The minimum atomic E-state index is -0.423. The van der Waals surface area contributed by atoms with Crippen LogP contribution in [-0.2, 0) is 6.54 Å². The van der Waals surface area contributed by atoms with Crippen LogP contribution in [0.2, 0.25) is 0 Å². The molecule has 0 aliphatic heterocycles. The number of rotatable bonds is 3. The predicted molar refractivity (Wildman–Crippen MR) is 94.5 cm³/mol. The van der Waals surface area contributed by atoms with Crippen LogP contribution in [0.15, 0.2) is 42.6 Å². The standard InChI is InChI=1S/C17H14FN7O/c18-11-6-2-1-4-9(11)8-25-16-10(5-3-7-21-16)13(24-25)15-22-14(20)12(19)17(26)23-15/h1-7H,8,19H2,(H3,20,22,23,26). The van der Waals surface area contributed by atoms with Crippen molar-refractivity contribution in [2.24, 2.45) is 0 Å². The van der Waals surface area contributed by atoms with Gasteiger partial charge in [-0.15, -0.1) is 0 Å². The van der Waals surface area contributed by atoms with Crippen LogP contribution >= 0.6 is 0 Å². The largest absolute Gasteiger partial charge is 0.492 e. The Morgan fingerprint density at radius 3 is 2.65 bits per heavy atom. The fourth-order valence-electron chi connectivity index (χ4n) is 2.65. The van der Waals surface area contributed by atoms with E-state index >= 15 is 0 Å². The van der Waals surface area contributed by atoms with Gasteiger partial charge in [-0.3, -0.25) is 0 Å². The lowest BCUT2D eigenvalue weighted by atomic mass is 10.2. The van der Waals surface area contributed by atoms with Gasteiger partial charge in [-0.05, 0) is 18.2 Å². The van der Waals surface area contributed by atoms with Crippen molar-refractivity contribution in [3.05, 3.63) is 54.0 Å². The van der Waals surface area contributed by atoms with Gasteiger partial charge in [-0.25, -0.2) is 19.0 Å². The monoisotopic (exact) mass is 351 g/mol. The van der Waals surface area contributed by atoms with Crippen molar-refractivity contribution in [1.29, 1.82) is 0 Å². The molecule has 0 fully saturated rings. The highest BCUT2D eigenvalue weighted by atomic mass is 19.1. The third-order valence-corrected chi connectivity index (χ3v) is 3.95. The number of nitrogens with two attached hydrogens (primary N) is 2. The van der Waals surface area contributed by atoms with Crippen molar-refractivity contribution in [2.45, 2.75) is 6.54 Å². The number of hydrogen-bond donors (Lipinski definition) is 3. The van der Waals surface area contributed by atoms with Crippen LogP contribution in [-0.4, -0.2) is 29.8 Å². The molecule has 0 spiro atoms. The Hall–Kier alpha value is -3.75. The molecule has 3 heterocycles. The Balaban J connectivity index is 1.89. The van der Waals surface area contributed by atoms with Crippen molar-refractivity contribution in [3.8, 4) is 17.4 Å². The zero-order valence-electron chi connectivity index (χ0n) is 13.5. The number of hydrogen-bond acceptors (Lipinski definition) is 7. The first-order valence-electron chi connectivity index (χ1n) is 7.72. The zero-order valence-corrected chi connectivity index (χ0v) is 13.5. The second-order valence-electron chi connectivity index (χ2n) is 5.64. The van der Waals surface area contributed by atoms with Crippen LogP contribution in [0, 0.1) is 5.82 Å². The van der Waals surface area contributed by atoms with E-state index in [4.69, 9.17) is 11.5 Å². The van der Waals surface area contributed by atoms with E-state index in [0.29, 0.717) is 22.3 Å².